The molecule has 1 aromatic carbocycles. The van der Waals surface area contributed by atoms with Crippen LogP contribution in [0.3, 0.4) is 0 Å². The molecule has 0 bridgehead atoms. The maximum absolute atomic E-state index is 12.9. The molecule has 1 saturated heterocycles. The molecule has 0 amide bonds. The second-order valence-corrected chi connectivity index (χ2v) is 5.98. The van der Waals surface area contributed by atoms with Crippen LogP contribution in [0, 0.1) is 0 Å². The third-order valence-electron chi connectivity index (χ3n) is 4.32. The van der Waals surface area contributed by atoms with Gasteiger partial charge in [0.15, 0.2) is 0 Å². The van der Waals surface area contributed by atoms with E-state index in [-0.39, 0.29) is 0 Å². The lowest BCUT2D eigenvalue weighted by Gasteiger charge is -2.37. The summed E-state index contributed by atoms with van der Waals surface area (Å²) in [6.07, 6.45) is 1.84. The standard InChI is InChI=1S/C17H24F3N/c1-3-4-8-14-12-15(17(18,19)20)9-10-16(14)21-11-6-5-7-13(21)2/h9-10,12-13H,3-8,11H2,1-2H3/t13-/m0/s1. The molecule has 0 aromatic heterocycles. The monoisotopic (exact) mass is 299 g/mol. The Labute approximate surface area is 125 Å². The molecular formula is C17H24F3N. The summed E-state index contributed by atoms with van der Waals surface area (Å²) in [5.41, 5.74) is 1.33. The zero-order valence-electron chi connectivity index (χ0n) is 12.8. The molecule has 0 N–H and O–H groups in total. The van der Waals surface area contributed by atoms with Crippen molar-refractivity contribution in [3.8, 4) is 0 Å². The second-order valence-electron chi connectivity index (χ2n) is 5.98. The first-order valence-electron chi connectivity index (χ1n) is 7.90. The van der Waals surface area contributed by atoms with Crippen molar-refractivity contribution in [1.29, 1.82) is 0 Å². The van der Waals surface area contributed by atoms with Crippen molar-refractivity contribution in [2.75, 3.05) is 11.4 Å². The Balaban J connectivity index is 2.34. The average molecular weight is 299 g/mol. The second kappa shape index (κ2) is 6.71. The quantitative estimate of drug-likeness (QED) is 0.717. The van der Waals surface area contributed by atoms with E-state index in [1.807, 2.05) is 0 Å². The molecular weight excluding hydrogens is 275 g/mol. The van der Waals surface area contributed by atoms with Crippen molar-refractivity contribution in [3.05, 3.63) is 29.3 Å². The maximum Gasteiger partial charge on any atom is 0.416 e. The normalized spacial score (nSPS) is 19.9. The first-order valence-corrected chi connectivity index (χ1v) is 7.90. The number of halogens is 3. The Morgan fingerprint density at radius 2 is 2.00 bits per heavy atom. The number of rotatable bonds is 4. The van der Waals surface area contributed by atoms with Crippen molar-refractivity contribution >= 4 is 5.69 Å². The van der Waals surface area contributed by atoms with E-state index in [1.165, 1.54) is 18.6 Å². The SMILES string of the molecule is CCCCc1cc(C(F)(F)F)ccc1N1CCCC[C@@H]1C. The smallest absolute Gasteiger partial charge is 0.369 e. The molecule has 4 heteroatoms. The van der Waals surface area contributed by atoms with E-state index in [9.17, 15) is 13.2 Å². The molecule has 0 aliphatic carbocycles. The minimum absolute atomic E-state index is 0.413. The van der Waals surface area contributed by atoms with Crippen LogP contribution in [-0.2, 0) is 12.6 Å². The molecule has 1 aliphatic rings. The summed E-state index contributed by atoms with van der Waals surface area (Å²) in [7, 11) is 0. The van der Waals surface area contributed by atoms with Crippen molar-refractivity contribution in [1.82, 2.24) is 0 Å². The van der Waals surface area contributed by atoms with Crippen LogP contribution in [0.15, 0.2) is 18.2 Å². The van der Waals surface area contributed by atoms with Crippen LogP contribution in [-0.4, -0.2) is 12.6 Å². The Hall–Kier alpha value is -1.19. The number of hydrogen-bond acceptors (Lipinski definition) is 1. The van der Waals surface area contributed by atoms with Gasteiger partial charge in [-0.25, -0.2) is 0 Å². The number of nitrogens with zero attached hydrogens (tertiary/aromatic N) is 1. The van der Waals surface area contributed by atoms with E-state index in [0.717, 1.165) is 49.9 Å². The lowest BCUT2D eigenvalue weighted by Crippen LogP contribution is -2.38. The molecule has 0 radical (unpaired) electrons. The fourth-order valence-corrected chi connectivity index (χ4v) is 3.07. The van der Waals surface area contributed by atoms with E-state index >= 15 is 0 Å². The molecule has 118 valence electrons. The van der Waals surface area contributed by atoms with Gasteiger partial charge in [0.25, 0.3) is 0 Å². The van der Waals surface area contributed by atoms with Gasteiger partial charge in [0.05, 0.1) is 5.56 Å². The Kier molecular flexibility index (Phi) is 5.17. The molecule has 0 spiro atoms. The van der Waals surface area contributed by atoms with E-state index in [0.29, 0.717) is 6.04 Å². The number of piperidine rings is 1. The zero-order valence-corrected chi connectivity index (χ0v) is 12.8. The molecule has 1 aliphatic heterocycles. The van der Waals surface area contributed by atoms with Crippen LogP contribution in [0.1, 0.15) is 57.1 Å². The summed E-state index contributed by atoms with van der Waals surface area (Å²) in [6, 6.07) is 4.67. The van der Waals surface area contributed by atoms with Gasteiger partial charge in [-0.15, -0.1) is 0 Å². The Morgan fingerprint density at radius 1 is 1.24 bits per heavy atom. The highest BCUT2D eigenvalue weighted by Gasteiger charge is 2.31. The van der Waals surface area contributed by atoms with Gasteiger partial charge in [-0.3, -0.25) is 0 Å². The number of aryl methyl sites for hydroxylation is 1. The lowest BCUT2D eigenvalue weighted by molar-refractivity contribution is -0.137. The fourth-order valence-electron chi connectivity index (χ4n) is 3.07. The van der Waals surface area contributed by atoms with Gasteiger partial charge in [0.2, 0.25) is 0 Å². The largest absolute Gasteiger partial charge is 0.416 e. The first-order chi connectivity index (χ1) is 9.93. The van der Waals surface area contributed by atoms with E-state index in [1.54, 1.807) is 6.07 Å². The van der Waals surface area contributed by atoms with Crippen molar-refractivity contribution in [2.45, 2.75) is 64.6 Å². The van der Waals surface area contributed by atoms with Crippen LogP contribution < -0.4 is 4.90 Å². The predicted molar refractivity (Wildman–Crippen MR) is 80.7 cm³/mol. The van der Waals surface area contributed by atoms with Crippen LogP contribution in [0.25, 0.3) is 0 Å². The maximum atomic E-state index is 12.9. The molecule has 1 aromatic rings. The Bertz CT molecular complexity index is 468. The molecule has 1 fully saturated rings. The van der Waals surface area contributed by atoms with E-state index < -0.39 is 11.7 Å². The highest BCUT2D eigenvalue weighted by atomic mass is 19.4. The fraction of sp³-hybridized carbons (Fsp3) is 0.647. The van der Waals surface area contributed by atoms with Gasteiger partial charge in [-0.2, -0.15) is 13.2 Å². The van der Waals surface area contributed by atoms with Crippen LogP contribution >= 0.6 is 0 Å². The summed E-state index contributed by atoms with van der Waals surface area (Å²) in [6.45, 7) is 5.18. The third-order valence-corrected chi connectivity index (χ3v) is 4.32. The number of alkyl halides is 3. The first kappa shape index (κ1) is 16.2. The topological polar surface area (TPSA) is 3.24 Å². The zero-order chi connectivity index (χ0) is 15.5. The van der Waals surface area contributed by atoms with Gasteiger partial charge >= 0.3 is 6.18 Å². The predicted octanol–water partition coefficient (Wildman–Crippen LogP) is 5.43. The van der Waals surface area contributed by atoms with Crippen LogP contribution in [0.2, 0.25) is 0 Å². The number of anilines is 1. The molecule has 1 atom stereocenters. The number of unbranched alkanes of at least 4 members (excludes halogenated alkanes) is 1. The van der Waals surface area contributed by atoms with Crippen LogP contribution in [0.4, 0.5) is 18.9 Å². The summed E-state index contributed by atoms with van der Waals surface area (Å²) < 4.78 is 38.8. The molecule has 1 heterocycles. The van der Waals surface area contributed by atoms with Gasteiger partial charge in [0.1, 0.15) is 0 Å². The van der Waals surface area contributed by atoms with Gasteiger partial charge in [-0.1, -0.05) is 13.3 Å². The highest BCUT2D eigenvalue weighted by molar-refractivity contribution is 5.56. The third kappa shape index (κ3) is 3.92. The van der Waals surface area contributed by atoms with Crippen molar-refractivity contribution in [2.24, 2.45) is 0 Å². The van der Waals surface area contributed by atoms with E-state index in [4.69, 9.17) is 0 Å². The van der Waals surface area contributed by atoms with Crippen molar-refractivity contribution < 1.29 is 13.2 Å². The summed E-state index contributed by atoms with van der Waals surface area (Å²) in [5.74, 6) is 0. The molecule has 0 saturated carbocycles. The lowest BCUT2D eigenvalue weighted by atomic mass is 9.97. The summed E-state index contributed by atoms with van der Waals surface area (Å²) in [4.78, 5) is 2.29. The Morgan fingerprint density at radius 3 is 2.62 bits per heavy atom. The highest BCUT2D eigenvalue weighted by Crippen LogP contribution is 2.35. The van der Waals surface area contributed by atoms with Gasteiger partial charge < -0.3 is 4.90 Å². The van der Waals surface area contributed by atoms with Crippen LogP contribution in [0.5, 0.6) is 0 Å². The van der Waals surface area contributed by atoms with Gasteiger partial charge in [-0.05, 0) is 62.8 Å². The molecule has 0 unspecified atom stereocenters. The van der Waals surface area contributed by atoms with Crippen molar-refractivity contribution in [3.63, 3.8) is 0 Å². The number of hydrogen-bond donors (Lipinski definition) is 0. The van der Waals surface area contributed by atoms with E-state index in [2.05, 4.69) is 18.7 Å². The number of benzene rings is 1. The minimum Gasteiger partial charge on any atom is -0.369 e. The summed E-state index contributed by atoms with van der Waals surface area (Å²) in [5, 5.41) is 0. The average Bonchev–Trinajstić information content (AvgIpc) is 2.44. The molecule has 21 heavy (non-hydrogen) atoms. The summed E-state index contributed by atoms with van der Waals surface area (Å²) >= 11 is 0. The van der Waals surface area contributed by atoms with Gasteiger partial charge in [0, 0.05) is 18.3 Å². The minimum atomic E-state index is -4.26. The molecule has 1 nitrogen and oxygen atoms in total. The molecule has 2 rings (SSSR count).